The number of rotatable bonds is 4. The number of fused-ring (bicyclic) bond motifs is 1. The average molecular weight is 751 g/mol. The Kier molecular flexibility index (Phi) is 9.56. The van der Waals surface area contributed by atoms with Crippen LogP contribution in [0.25, 0.3) is 16.2 Å². The molecule has 44 heavy (non-hydrogen) atoms. The summed E-state index contributed by atoms with van der Waals surface area (Å²) in [5, 5.41) is 8.13. The van der Waals surface area contributed by atoms with Gasteiger partial charge in [-0.05, 0) is 36.4 Å². The lowest BCUT2D eigenvalue weighted by Gasteiger charge is -2.13. The number of carbonyl (C=O) groups excluding carboxylic acids is 1. The SMILES string of the molecule is NS(=O)(=O)c1nn2cc(-c3cc(C(F)(F)F)cc(C(F)(F)F)c3)nc2s1.O=C(CBr)c1cc(C(F)(F)F)cc(C(F)(F)F)c1. The number of halogens is 13. The maximum atomic E-state index is 12.9. The van der Waals surface area contributed by atoms with Gasteiger partial charge in [-0.15, -0.1) is 5.10 Å². The molecule has 2 aromatic carbocycles. The largest absolute Gasteiger partial charge is 0.416 e. The van der Waals surface area contributed by atoms with Crippen molar-refractivity contribution in [3.8, 4) is 11.3 Å². The van der Waals surface area contributed by atoms with Crippen LogP contribution in [-0.4, -0.2) is 34.1 Å². The molecule has 0 saturated carbocycles. The Balaban J connectivity index is 0.000000259. The van der Waals surface area contributed by atoms with Crippen molar-refractivity contribution in [1.82, 2.24) is 14.6 Å². The van der Waals surface area contributed by atoms with Gasteiger partial charge in [0.2, 0.25) is 9.30 Å². The molecule has 0 unspecified atom stereocenters. The minimum Gasteiger partial charge on any atom is -0.293 e. The molecular formula is C22H11BrF12N4O3S2. The zero-order chi connectivity index (χ0) is 33.6. The summed E-state index contributed by atoms with van der Waals surface area (Å²) >= 11 is 3.21. The molecule has 2 heterocycles. The fraction of sp³-hybridized carbons (Fsp3) is 0.227. The van der Waals surface area contributed by atoms with Gasteiger partial charge in [-0.2, -0.15) is 52.7 Å². The van der Waals surface area contributed by atoms with Crippen molar-refractivity contribution >= 4 is 48.0 Å². The number of carbonyl (C=O) groups is 1. The first-order chi connectivity index (χ1) is 19.8. The highest BCUT2D eigenvalue weighted by Gasteiger charge is 2.38. The number of alkyl halides is 13. The van der Waals surface area contributed by atoms with E-state index >= 15 is 0 Å². The minimum absolute atomic E-state index is 0.000721. The van der Waals surface area contributed by atoms with E-state index in [2.05, 4.69) is 26.0 Å². The lowest BCUT2D eigenvalue weighted by molar-refractivity contribution is -0.144. The van der Waals surface area contributed by atoms with Gasteiger partial charge < -0.3 is 0 Å². The third-order valence-electron chi connectivity index (χ3n) is 5.18. The third kappa shape index (κ3) is 8.47. The van der Waals surface area contributed by atoms with Crippen molar-refractivity contribution in [3.05, 3.63) is 70.4 Å². The zero-order valence-electron chi connectivity index (χ0n) is 20.6. The summed E-state index contributed by atoms with van der Waals surface area (Å²) in [6.45, 7) is 0. The highest BCUT2D eigenvalue weighted by atomic mass is 79.9. The van der Waals surface area contributed by atoms with Gasteiger partial charge in [-0.3, -0.25) is 4.79 Å². The number of ketones is 1. The van der Waals surface area contributed by atoms with Crippen molar-refractivity contribution in [3.63, 3.8) is 0 Å². The van der Waals surface area contributed by atoms with Gasteiger partial charge in [0, 0.05) is 11.1 Å². The van der Waals surface area contributed by atoms with E-state index in [9.17, 15) is 65.9 Å². The Morgan fingerprint density at radius 3 is 1.52 bits per heavy atom. The number of aromatic nitrogens is 3. The van der Waals surface area contributed by atoms with Crippen molar-refractivity contribution in [2.45, 2.75) is 29.0 Å². The fourth-order valence-electron chi connectivity index (χ4n) is 3.23. The Labute approximate surface area is 249 Å². The van der Waals surface area contributed by atoms with Crippen molar-refractivity contribution in [2.24, 2.45) is 5.14 Å². The number of sulfonamides is 1. The highest BCUT2D eigenvalue weighted by molar-refractivity contribution is 9.09. The normalized spacial score (nSPS) is 13.1. The van der Waals surface area contributed by atoms with E-state index < -0.39 is 78.2 Å². The number of hydrogen-bond acceptors (Lipinski definition) is 6. The van der Waals surface area contributed by atoms with Crippen molar-refractivity contribution < 1.29 is 65.9 Å². The molecule has 22 heteroatoms. The highest BCUT2D eigenvalue weighted by Crippen LogP contribution is 2.39. The number of Topliss-reactive ketones (excluding diaryl/α,β-unsaturated/α-hetero) is 1. The molecule has 0 spiro atoms. The van der Waals surface area contributed by atoms with Crippen LogP contribution in [0.15, 0.2) is 46.9 Å². The van der Waals surface area contributed by atoms with Crippen LogP contribution in [0.1, 0.15) is 32.6 Å². The molecule has 2 aromatic heterocycles. The number of imidazole rings is 1. The molecule has 2 N–H and O–H groups in total. The monoisotopic (exact) mass is 750 g/mol. The van der Waals surface area contributed by atoms with Crippen LogP contribution in [0, 0.1) is 0 Å². The summed E-state index contributed by atoms with van der Waals surface area (Å²) in [7, 11) is -4.12. The number of nitrogens with zero attached hydrogens (tertiary/aromatic N) is 3. The summed E-state index contributed by atoms with van der Waals surface area (Å²) in [6.07, 6.45) is -18.9. The molecule has 0 fully saturated rings. The van der Waals surface area contributed by atoms with Gasteiger partial charge in [-0.25, -0.2) is 23.1 Å². The van der Waals surface area contributed by atoms with E-state index in [1.54, 1.807) is 0 Å². The minimum atomic E-state index is -4.99. The Morgan fingerprint density at radius 1 is 0.773 bits per heavy atom. The second-order valence-corrected chi connectivity index (χ2v) is 11.7. The molecule has 4 aromatic rings. The summed E-state index contributed by atoms with van der Waals surface area (Å²) in [5.41, 5.74) is -7.28. The van der Waals surface area contributed by atoms with Gasteiger partial charge in [0.05, 0.1) is 39.5 Å². The lowest BCUT2D eigenvalue weighted by atomic mass is 10.0. The predicted octanol–water partition coefficient (Wildman–Crippen LogP) is 7.44. The van der Waals surface area contributed by atoms with Gasteiger partial charge in [0.25, 0.3) is 10.0 Å². The molecule has 240 valence electrons. The van der Waals surface area contributed by atoms with Crippen molar-refractivity contribution in [1.29, 1.82) is 0 Å². The number of hydrogen-bond donors (Lipinski definition) is 1. The quantitative estimate of drug-likeness (QED) is 0.133. The average Bonchev–Trinajstić information content (AvgIpc) is 3.46. The van der Waals surface area contributed by atoms with E-state index in [1.165, 1.54) is 0 Å². The van der Waals surface area contributed by atoms with Crippen LogP contribution in [0.2, 0.25) is 0 Å². The van der Waals surface area contributed by atoms with Crippen LogP contribution in [-0.2, 0) is 34.7 Å². The molecule has 0 aliphatic rings. The van der Waals surface area contributed by atoms with E-state index in [4.69, 9.17) is 5.14 Å². The molecule has 0 amide bonds. The number of primary sulfonamides is 1. The first kappa shape index (κ1) is 35.2. The molecular weight excluding hydrogens is 740 g/mol. The van der Waals surface area contributed by atoms with Crippen molar-refractivity contribution in [2.75, 3.05) is 5.33 Å². The first-order valence-electron chi connectivity index (χ1n) is 10.9. The number of nitrogens with two attached hydrogens (primary N) is 1. The smallest absolute Gasteiger partial charge is 0.293 e. The van der Waals surface area contributed by atoms with Gasteiger partial charge in [0.15, 0.2) is 5.78 Å². The molecule has 0 radical (unpaired) electrons. The van der Waals surface area contributed by atoms with E-state index in [0.29, 0.717) is 35.6 Å². The van der Waals surface area contributed by atoms with E-state index in [1.807, 2.05) is 0 Å². The van der Waals surface area contributed by atoms with Crippen LogP contribution >= 0.6 is 27.3 Å². The summed E-state index contributed by atoms with van der Waals surface area (Å²) in [4.78, 5) is 15.0. The van der Waals surface area contributed by atoms with Gasteiger partial charge in [-0.1, -0.05) is 27.3 Å². The molecule has 0 aliphatic heterocycles. The third-order valence-corrected chi connectivity index (χ3v) is 7.92. The van der Waals surface area contributed by atoms with Crippen LogP contribution in [0.4, 0.5) is 52.7 Å². The summed E-state index contributed by atoms with van der Waals surface area (Å²) in [6, 6.07) is 1.81. The van der Waals surface area contributed by atoms with Crippen LogP contribution in [0.5, 0.6) is 0 Å². The Bertz CT molecular complexity index is 1710. The van der Waals surface area contributed by atoms with Crippen LogP contribution < -0.4 is 5.14 Å². The van der Waals surface area contributed by atoms with Gasteiger partial charge >= 0.3 is 24.7 Å². The van der Waals surface area contributed by atoms with E-state index in [-0.39, 0.29) is 28.1 Å². The Hall–Kier alpha value is -3.24. The second kappa shape index (κ2) is 11.9. The number of benzene rings is 2. The molecule has 0 saturated heterocycles. The molecule has 0 atom stereocenters. The molecule has 7 nitrogen and oxygen atoms in total. The van der Waals surface area contributed by atoms with Gasteiger partial charge in [0.1, 0.15) is 0 Å². The first-order valence-corrected chi connectivity index (χ1v) is 14.4. The second-order valence-electron chi connectivity index (χ2n) is 8.41. The standard InChI is InChI=1S/C12H6F6N4O2S2.C10H5BrF6O/c13-11(14,15)6-1-5(2-7(3-6)12(16,17)18)8-4-22-9(20-8)25-10(21-22)26(19,23)24;11-4-8(18)5-1-6(9(12,13)14)3-7(2-5)10(15,16)17/h1-4H,(H2,19,23,24);1-3H,4H2. The topological polar surface area (TPSA) is 107 Å². The molecule has 4 rings (SSSR count). The maximum absolute atomic E-state index is 12.9. The summed E-state index contributed by atoms with van der Waals surface area (Å²) < 4.78 is 175. The zero-order valence-corrected chi connectivity index (χ0v) is 23.8. The summed E-state index contributed by atoms with van der Waals surface area (Å²) in [5.74, 6) is -0.855. The molecule has 0 bridgehead atoms. The Morgan fingerprint density at radius 2 is 1.18 bits per heavy atom. The van der Waals surface area contributed by atoms with E-state index in [0.717, 1.165) is 10.7 Å². The maximum Gasteiger partial charge on any atom is 0.416 e. The molecule has 0 aliphatic carbocycles. The predicted molar refractivity (Wildman–Crippen MR) is 132 cm³/mol. The van der Waals surface area contributed by atoms with Crippen LogP contribution in [0.3, 0.4) is 0 Å². The lowest BCUT2D eigenvalue weighted by Crippen LogP contribution is -2.13. The fourth-order valence-corrected chi connectivity index (χ4v) is 5.06.